The zero-order chi connectivity index (χ0) is 23.3. The Labute approximate surface area is 206 Å². The molecule has 32 heavy (non-hydrogen) atoms. The average Bonchev–Trinajstić information content (AvgIpc) is 2.78. The van der Waals surface area contributed by atoms with Gasteiger partial charge in [-0.15, -0.1) is 0 Å². The largest absolute Gasteiger partial charge is 0.493 e. The van der Waals surface area contributed by atoms with E-state index in [9.17, 15) is 9.59 Å². The Balaban J connectivity index is 1.66. The highest BCUT2D eigenvalue weighted by Crippen LogP contribution is 2.24. The molecule has 0 bridgehead atoms. The second kappa shape index (κ2) is 14.2. The number of rotatable bonds is 13. The molecular weight excluding hydrogens is 540 g/mol. The van der Waals surface area contributed by atoms with E-state index in [-0.39, 0.29) is 11.8 Å². The first-order valence-electron chi connectivity index (χ1n) is 10.9. The Morgan fingerprint density at radius 1 is 0.719 bits per heavy atom. The van der Waals surface area contributed by atoms with Crippen molar-refractivity contribution in [3.63, 3.8) is 0 Å². The van der Waals surface area contributed by atoms with Crippen LogP contribution in [0.5, 0.6) is 11.5 Å². The van der Waals surface area contributed by atoms with E-state index in [1.54, 1.807) is 24.3 Å². The standard InChI is InChI=1S/C24H30Br2N2O4/c1-3-31-21-11-9-17(25)15-19(21)23(29)27-13-7-5-6-8-14-28-24(30)20-16-18(26)10-12-22(20)32-4-2/h9-12,15-16H,3-8,13-14H2,1-2H3,(H,27,29)(H,28,30). The van der Waals surface area contributed by atoms with Crippen molar-refractivity contribution >= 4 is 43.7 Å². The van der Waals surface area contributed by atoms with Crippen LogP contribution in [0.1, 0.15) is 60.2 Å². The number of hydrogen-bond donors (Lipinski definition) is 2. The van der Waals surface area contributed by atoms with Crippen LogP contribution in [0.15, 0.2) is 45.3 Å². The van der Waals surface area contributed by atoms with Crippen molar-refractivity contribution in [3.05, 3.63) is 56.5 Å². The molecule has 0 aliphatic carbocycles. The first kappa shape index (κ1) is 26.2. The van der Waals surface area contributed by atoms with Crippen LogP contribution in [0.2, 0.25) is 0 Å². The van der Waals surface area contributed by atoms with Gasteiger partial charge in [0.2, 0.25) is 0 Å². The highest BCUT2D eigenvalue weighted by atomic mass is 79.9. The van der Waals surface area contributed by atoms with Gasteiger partial charge < -0.3 is 20.1 Å². The van der Waals surface area contributed by atoms with E-state index in [1.165, 1.54) is 0 Å². The lowest BCUT2D eigenvalue weighted by Crippen LogP contribution is -2.26. The maximum atomic E-state index is 12.5. The minimum Gasteiger partial charge on any atom is -0.493 e. The quantitative estimate of drug-likeness (QED) is 0.302. The maximum absolute atomic E-state index is 12.5. The fourth-order valence-electron chi connectivity index (χ4n) is 3.12. The molecule has 0 aliphatic rings. The molecule has 8 heteroatoms. The number of carbonyl (C=O) groups excluding carboxylic acids is 2. The fraction of sp³-hybridized carbons (Fsp3) is 0.417. The minimum absolute atomic E-state index is 0.138. The Kier molecular flexibility index (Phi) is 11.6. The number of ether oxygens (including phenoxy) is 2. The molecule has 0 saturated heterocycles. The van der Waals surface area contributed by atoms with Crippen LogP contribution in [0, 0.1) is 0 Å². The third-order valence-corrected chi connectivity index (χ3v) is 5.63. The van der Waals surface area contributed by atoms with E-state index in [2.05, 4.69) is 42.5 Å². The summed E-state index contributed by atoms with van der Waals surface area (Å²) >= 11 is 6.80. The van der Waals surface area contributed by atoms with Gasteiger partial charge in [0.15, 0.2) is 0 Å². The predicted octanol–water partition coefficient (Wildman–Crippen LogP) is 5.73. The Hall–Kier alpha value is -2.06. The lowest BCUT2D eigenvalue weighted by atomic mass is 10.1. The number of amides is 2. The topological polar surface area (TPSA) is 76.7 Å². The molecular formula is C24H30Br2N2O4. The second-order valence-electron chi connectivity index (χ2n) is 7.07. The molecule has 0 aromatic heterocycles. The van der Waals surface area contributed by atoms with Gasteiger partial charge in [0.25, 0.3) is 11.8 Å². The molecule has 0 fully saturated rings. The molecule has 2 N–H and O–H groups in total. The molecule has 0 heterocycles. The Morgan fingerprint density at radius 2 is 1.12 bits per heavy atom. The summed E-state index contributed by atoms with van der Waals surface area (Å²) in [6.45, 7) is 5.99. The van der Waals surface area contributed by atoms with Crippen LogP contribution in [-0.2, 0) is 0 Å². The zero-order valence-corrected chi connectivity index (χ0v) is 21.7. The van der Waals surface area contributed by atoms with E-state index in [4.69, 9.17) is 9.47 Å². The molecule has 2 amide bonds. The van der Waals surface area contributed by atoms with Crippen LogP contribution in [-0.4, -0.2) is 38.1 Å². The normalized spacial score (nSPS) is 10.5. The number of halogens is 2. The van der Waals surface area contributed by atoms with Gasteiger partial charge in [0, 0.05) is 22.0 Å². The van der Waals surface area contributed by atoms with E-state index < -0.39 is 0 Å². The van der Waals surface area contributed by atoms with E-state index >= 15 is 0 Å². The summed E-state index contributed by atoms with van der Waals surface area (Å²) in [6, 6.07) is 10.8. The molecule has 0 unspecified atom stereocenters. The summed E-state index contributed by atoms with van der Waals surface area (Å²) in [7, 11) is 0. The average molecular weight is 570 g/mol. The number of benzene rings is 2. The molecule has 0 atom stereocenters. The second-order valence-corrected chi connectivity index (χ2v) is 8.90. The van der Waals surface area contributed by atoms with Gasteiger partial charge in [-0.25, -0.2) is 0 Å². The molecule has 0 aliphatic heterocycles. The first-order valence-corrected chi connectivity index (χ1v) is 12.5. The van der Waals surface area contributed by atoms with Gasteiger partial charge >= 0.3 is 0 Å². The van der Waals surface area contributed by atoms with Gasteiger partial charge in [-0.3, -0.25) is 9.59 Å². The van der Waals surface area contributed by atoms with E-state index in [0.29, 0.717) is 48.9 Å². The Morgan fingerprint density at radius 3 is 1.50 bits per heavy atom. The molecule has 0 saturated carbocycles. The third kappa shape index (κ3) is 8.47. The van der Waals surface area contributed by atoms with Crippen LogP contribution in [0.3, 0.4) is 0 Å². The molecule has 0 spiro atoms. The molecule has 2 aromatic rings. The summed E-state index contributed by atoms with van der Waals surface area (Å²) in [5, 5.41) is 5.90. The van der Waals surface area contributed by atoms with E-state index in [0.717, 1.165) is 34.6 Å². The van der Waals surface area contributed by atoms with Crippen molar-refractivity contribution in [1.82, 2.24) is 10.6 Å². The summed E-state index contributed by atoms with van der Waals surface area (Å²) in [5.41, 5.74) is 1.06. The highest BCUT2D eigenvalue weighted by Gasteiger charge is 2.14. The number of carbonyl (C=O) groups is 2. The smallest absolute Gasteiger partial charge is 0.255 e. The van der Waals surface area contributed by atoms with Gasteiger partial charge in [-0.1, -0.05) is 44.7 Å². The van der Waals surface area contributed by atoms with Crippen molar-refractivity contribution < 1.29 is 19.1 Å². The molecule has 0 radical (unpaired) electrons. The van der Waals surface area contributed by atoms with Crippen LogP contribution >= 0.6 is 31.9 Å². The Bertz CT molecular complexity index is 832. The van der Waals surface area contributed by atoms with Gasteiger partial charge in [0.1, 0.15) is 11.5 Å². The minimum atomic E-state index is -0.138. The summed E-state index contributed by atoms with van der Waals surface area (Å²) in [4.78, 5) is 24.9. The molecule has 174 valence electrons. The summed E-state index contributed by atoms with van der Waals surface area (Å²) in [6.07, 6.45) is 3.68. The van der Waals surface area contributed by atoms with E-state index in [1.807, 2.05) is 26.0 Å². The number of nitrogens with one attached hydrogen (secondary N) is 2. The van der Waals surface area contributed by atoms with Crippen molar-refractivity contribution in [3.8, 4) is 11.5 Å². The molecule has 2 rings (SSSR count). The third-order valence-electron chi connectivity index (χ3n) is 4.65. The van der Waals surface area contributed by atoms with Gasteiger partial charge in [-0.2, -0.15) is 0 Å². The summed E-state index contributed by atoms with van der Waals surface area (Å²) in [5.74, 6) is 0.894. The van der Waals surface area contributed by atoms with Crippen molar-refractivity contribution in [2.45, 2.75) is 39.5 Å². The lowest BCUT2D eigenvalue weighted by Gasteiger charge is -2.12. The monoisotopic (exact) mass is 568 g/mol. The highest BCUT2D eigenvalue weighted by molar-refractivity contribution is 9.10. The van der Waals surface area contributed by atoms with Crippen molar-refractivity contribution in [2.24, 2.45) is 0 Å². The van der Waals surface area contributed by atoms with Crippen LogP contribution in [0.4, 0.5) is 0 Å². The zero-order valence-electron chi connectivity index (χ0n) is 18.5. The lowest BCUT2D eigenvalue weighted by molar-refractivity contribution is 0.0939. The van der Waals surface area contributed by atoms with Crippen LogP contribution < -0.4 is 20.1 Å². The van der Waals surface area contributed by atoms with Gasteiger partial charge in [0.05, 0.1) is 24.3 Å². The van der Waals surface area contributed by atoms with Crippen LogP contribution in [0.25, 0.3) is 0 Å². The van der Waals surface area contributed by atoms with Crippen molar-refractivity contribution in [2.75, 3.05) is 26.3 Å². The van der Waals surface area contributed by atoms with Crippen molar-refractivity contribution in [1.29, 1.82) is 0 Å². The number of hydrogen-bond acceptors (Lipinski definition) is 4. The predicted molar refractivity (Wildman–Crippen MR) is 134 cm³/mol. The summed E-state index contributed by atoms with van der Waals surface area (Å²) < 4.78 is 12.7. The first-order chi connectivity index (χ1) is 15.5. The van der Waals surface area contributed by atoms with Gasteiger partial charge in [-0.05, 0) is 63.1 Å². The molecule has 6 nitrogen and oxygen atoms in total. The maximum Gasteiger partial charge on any atom is 0.255 e. The molecule has 2 aromatic carbocycles. The number of unbranched alkanes of at least 4 members (excludes halogenated alkanes) is 3. The SMILES string of the molecule is CCOc1ccc(Br)cc1C(=O)NCCCCCCNC(=O)c1cc(Br)ccc1OCC. The fourth-order valence-corrected chi connectivity index (χ4v) is 3.84.